The van der Waals surface area contributed by atoms with Crippen LogP contribution in [-0.2, 0) is 14.3 Å². The molecule has 2 heterocycles. The van der Waals surface area contributed by atoms with Crippen molar-refractivity contribution in [2.75, 3.05) is 26.4 Å². The lowest BCUT2D eigenvalue weighted by molar-refractivity contribution is -0.140. The fraction of sp³-hybridized carbons (Fsp3) is 0.889. The van der Waals surface area contributed by atoms with Gasteiger partial charge in [0.15, 0.2) is 0 Å². The molecule has 0 aromatic heterocycles. The van der Waals surface area contributed by atoms with E-state index in [1.54, 1.807) is 0 Å². The van der Waals surface area contributed by atoms with Crippen LogP contribution in [0.2, 0.25) is 0 Å². The molecule has 1 atom stereocenters. The lowest BCUT2D eigenvalue weighted by Crippen LogP contribution is -2.48. The van der Waals surface area contributed by atoms with Gasteiger partial charge in [-0.25, -0.2) is 0 Å². The molecule has 0 aliphatic carbocycles. The predicted molar refractivity (Wildman–Crippen MR) is 46.3 cm³/mol. The van der Waals surface area contributed by atoms with E-state index in [9.17, 15) is 4.79 Å². The van der Waals surface area contributed by atoms with Crippen molar-refractivity contribution in [1.82, 2.24) is 5.32 Å². The summed E-state index contributed by atoms with van der Waals surface area (Å²) >= 11 is 0. The van der Waals surface area contributed by atoms with E-state index in [4.69, 9.17) is 9.47 Å². The number of nitrogens with one attached hydrogen (secondary N) is 1. The van der Waals surface area contributed by atoms with E-state index in [2.05, 4.69) is 5.32 Å². The second kappa shape index (κ2) is 4.07. The minimum Gasteiger partial charge on any atom is -0.380 e. The molecular weight excluding hydrogens is 170 g/mol. The molecule has 1 amide bonds. The third-order valence-electron chi connectivity index (χ3n) is 2.52. The summed E-state index contributed by atoms with van der Waals surface area (Å²) < 4.78 is 10.2. The zero-order valence-electron chi connectivity index (χ0n) is 7.62. The van der Waals surface area contributed by atoms with Gasteiger partial charge >= 0.3 is 0 Å². The highest BCUT2D eigenvalue weighted by Gasteiger charge is 2.28. The number of carbonyl (C=O) groups is 1. The van der Waals surface area contributed by atoms with Crippen LogP contribution in [0.15, 0.2) is 0 Å². The zero-order chi connectivity index (χ0) is 9.10. The molecule has 2 rings (SSSR count). The monoisotopic (exact) mass is 185 g/mol. The van der Waals surface area contributed by atoms with E-state index in [1.165, 1.54) is 0 Å². The molecule has 2 aliphatic heterocycles. The van der Waals surface area contributed by atoms with E-state index < -0.39 is 0 Å². The normalized spacial score (nSPS) is 29.4. The Morgan fingerprint density at radius 1 is 1.23 bits per heavy atom. The minimum atomic E-state index is 0.0851. The van der Waals surface area contributed by atoms with Crippen molar-refractivity contribution in [2.24, 2.45) is 5.92 Å². The summed E-state index contributed by atoms with van der Waals surface area (Å²) in [6.45, 7) is 2.66. The predicted octanol–water partition coefficient (Wildman–Crippen LogP) is -0.0720. The van der Waals surface area contributed by atoms with Crippen LogP contribution in [0.1, 0.15) is 12.8 Å². The molecule has 0 unspecified atom stereocenters. The van der Waals surface area contributed by atoms with E-state index in [1.807, 2.05) is 0 Å². The molecule has 0 aromatic rings. The fourth-order valence-corrected chi connectivity index (χ4v) is 1.56. The Bertz CT molecular complexity index is 185. The SMILES string of the molecule is O=C(N[C@H]1CCCOC1)C1COC1. The Balaban J connectivity index is 1.72. The van der Waals surface area contributed by atoms with Gasteiger partial charge in [0.1, 0.15) is 0 Å². The lowest BCUT2D eigenvalue weighted by atomic mass is 10.1. The molecule has 0 aromatic carbocycles. The summed E-state index contributed by atoms with van der Waals surface area (Å²) in [5, 5.41) is 2.98. The number of amides is 1. The van der Waals surface area contributed by atoms with Crippen molar-refractivity contribution in [3.8, 4) is 0 Å². The van der Waals surface area contributed by atoms with Crippen LogP contribution < -0.4 is 5.32 Å². The summed E-state index contributed by atoms with van der Waals surface area (Å²) in [4.78, 5) is 11.4. The molecule has 0 spiro atoms. The van der Waals surface area contributed by atoms with Gasteiger partial charge in [0, 0.05) is 6.61 Å². The van der Waals surface area contributed by atoms with Gasteiger partial charge in [-0.1, -0.05) is 0 Å². The molecule has 0 bridgehead atoms. The van der Waals surface area contributed by atoms with Gasteiger partial charge in [-0.2, -0.15) is 0 Å². The molecule has 4 nitrogen and oxygen atoms in total. The van der Waals surface area contributed by atoms with Gasteiger partial charge in [-0.3, -0.25) is 4.79 Å². The number of carbonyl (C=O) groups excluding carboxylic acids is 1. The number of hydrogen-bond acceptors (Lipinski definition) is 3. The molecule has 2 fully saturated rings. The van der Waals surface area contributed by atoms with E-state index in [0.29, 0.717) is 19.8 Å². The van der Waals surface area contributed by atoms with E-state index >= 15 is 0 Å². The first-order chi connectivity index (χ1) is 6.36. The topological polar surface area (TPSA) is 47.6 Å². The fourth-order valence-electron chi connectivity index (χ4n) is 1.56. The van der Waals surface area contributed by atoms with Crippen LogP contribution in [0.5, 0.6) is 0 Å². The maximum atomic E-state index is 11.4. The molecule has 2 saturated heterocycles. The number of ether oxygens (including phenoxy) is 2. The molecule has 1 N–H and O–H groups in total. The Morgan fingerprint density at radius 3 is 2.62 bits per heavy atom. The third-order valence-corrected chi connectivity index (χ3v) is 2.52. The first-order valence-corrected chi connectivity index (χ1v) is 4.82. The summed E-state index contributed by atoms with van der Waals surface area (Å²) in [5.41, 5.74) is 0. The smallest absolute Gasteiger partial charge is 0.228 e. The van der Waals surface area contributed by atoms with Crippen LogP contribution in [0.4, 0.5) is 0 Å². The van der Waals surface area contributed by atoms with Crippen molar-refractivity contribution in [1.29, 1.82) is 0 Å². The first-order valence-electron chi connectivity index (χ1n) is 4.82. The first kappa shape index (κ1) is 8.97. The highest BCUT2D eigenvalue weighted by molar-refractivity contribution is 5.79. The van der Waals surface area contributed by atoms with Gasteiger partial charge in [0.25, 0.3) is 0 Å². The van der Waals surface area contributed by atoms with Crippen molar-refractivity contribution < 1.29 is 14.3 Å². The van der Waals surface area contributed by atoms with Crippen molar-refractivity contribution in [3.05, 3.63) is 0 Å². The van der Waals surface area contributed by atoms with Crippen LogP contribution in [0.25, 0.3) is 0 Å². The van der Waals surface area contributed by atoms with Crippen molar-refractivity contribution >= 4 is 5.91 Å². The quantitative estimate of drug-likeness (QED) is 0.655. The lowest BCUT2D eigenvalue weighted by Gasteiger charge is -2.29. The molecule has 2 aliphatic rings. The highest BCUT2D eigenvalue weighted by atomic mass is 16.5. The van der Waals surface area contributed by atoms with Crippen LogP contribution >= 0.6 is 0 Å². The highest BCUT2D eigenvalue weighted by Crippen LogP contribution is 2.12. The van der Waals surface area contributed by atoms with Gasteiger partial charge in [-0.05, 0) is 12.8 Å². The van der Waals surface area contributed by atoms with Gasteiger partial charge < -0.3 is 14.8 Å². The van der Waals surface area contributed by atoms with E-state index in [0.717, 1.165) is 19.4 Å². The Labute approximate surface area is 77.6 Å². The third kappa shape index (κ3) is 2.19. The Kier molecular flexibility index (Phi) is 2.80. The molecule has 4 heteroatoms. The maximum absolute atomic E-state index is 11.4. The largest absolute Gasteiger partial charge is 0.380 e. The molecular formula is C9H15NO3. The van der Waals surface area contributed by atoms with Crippen molar-refractivity contribution in [3.63, 3.8) is 0 Å². The number of rotatable bonds is 2. The number of hydrogen-bond donors (Lipinski definition) is 1. The standard InChI is InChI=1S/C9H15NO3/c11-9(7-4-13-5-7)10-8-2-1-3-12-6-8/h7-8H,1-6H2,(H,10,11)/t8-/m0/s1. The summed E-state index contributed by atoms with van der Waals surface area (Å²) in [7, 11) is 0. The molecule has 0 radical (unpaired) electrons. The Hall–Kier alpha value is -0.610. The maximum Gasteiger partial charge on any atom is 0.228 e. The van der Waals surface area contributed by atoms with Crippen LogP contribution in [0.3, 0.4) is 0 Å². The second-order valence-electron chi connectivity index (χ2n) is 3.66. The van der Waals surface area contributed by atoms with Crippen LogP contribution in [-0.4, -0.2) is 38.4 Å². The van der Waals surface area contributed by atoms with Crippen LogP contribution in [0, 0.1) is 5.92 Å². The summed E-state index contributed by atoms with van der Waals surface area (Å²) in [5.74, 6) is 0.212. The van der Waals surface area contributed by atoms with Gasteiger partial charge in [-0.15, -0.1) is 0 Å². The molecule has 13 heavy (non-hydrogen) atoms. The van der Waals surface area contributed by atoms with Gasteiger partial charge in [0.2, 0.25) is 5.91 Å². The van der Waals surface area contributed by atoms with Crippen molar-refractivity contribution in [2.45, 2.75) is 18.9 Å². The summed E-state index contributed by atoms with van der Waals surface area (Å²) in [6.07, 6.45) is 2.09. The second-order valence-corrected chi connectivity index (χ2v) is 3.66. The zero-order valence-corrected chi connectivity index (χ0v) is 7.62. The Morgan fingerprint density at radius 2 is 2.08 bits per heavy atom. The summed E-state index contributed by atoms with van der Waals surface area (Å²) in [6, 6.07) is 0.224. The van der Waals surface area contributed by atoms with E-state index in [-0.39, 0.29) is 17.9 Å². The minimum absolute atomic E-state index is 0.0851. The average Bonchev–Trinajstić information content (AvgIpc) is 2.02. The molecule has 74 valence electrons. The molecule has 0 saturated carbocycles. The average molecular weight is 185 g/mol. The van der Waals surface area contributed by atoms with Gasteiger partial charge in [0.05, 0.1) is 31.8 Å².